The Kier molecular flexibility index (Phi) is 7.64. The third-order valence-corrected chi connectivity index (χ3v) is 5.00. The van der Waals surface area contributed by atoms with Crippen molar-refractivity contribution in [1.29, 1.82) is 0 Å². The topological polar surface area (TPSA) is 58.6 Å². The van der Waals surface area contributed by atoms with Gasteiger partial charge in [0.2, 0.25) is 5.91 Å². The number of piperidine rings is 1. The van der Waals surface area contributed by atoms with Crippen molar-refractivity contribution >= 4 is 11.9 Å². The molecule has 1 aliphatic rings. The molecular weight excluding hydrogens is 328 g/mol. The second kappa shape index (κ2) is 9.72. The Balaban J connectivity index is 1.72. The van der Waals surface area contributed by atoms with E-state index in [1.54, 1.807) is 0 Å². The van der Waals surface area contributed by atoms with Gasteiger partial charge in [-0.25, -0.2) is 0 Å². The fraction of sp³-hybridized carbons (Fsp3) is 0.619. The van der Waals surface area contributed by atoms with Crippen LogP contribution in [-0.2, 0) is 20.9 Å². The number of esters is 1. The first-order valence-corrected chi connectivity index (χ1v) is 9.62. The van der Waals surface area contributed by atoms with Crippen molar-refractivity contribution in [2.75, 3.05) is 26.2 Å². The summed E-state index contributed by atoms with van der Waals surface area (Å²) in [5.41, 5.74) is 0.612. The van der Waals surface area contributed by atoms with Gasteiger partial charge in [-0.3, -0.25) is 9.59 Å². The number of amides is 1. The molecule has 1 aliphatic heterocycles. The molecule has 5 heteroatoms. The highest BCUT2D eigenvalue weighted by molar-refractivity contribution is 5.82. The zero-order chi connectivity index (χ0) is 19.0. The van der Waals surface area contributed by atoms with Crippen LogP contribution in [0.15, 0.2) is 30.3 Å². The molecule has 1 fully saturated rings. The molecule has 1 aromatic rings. The average Bonchev–Trinajstić information content (AvgIpc) is 2.65. The summed E-state index contributed by atoms with van der Waals surface area (Å²) in [5, 5.41) is 3.26. The molecule has 1 saturated heterocycles. The van der Waals surface area contributed by atoms with E-state index in [4.69, 9.17) is 4.74 Å². The van der Waals surface area contributed by atoms with Crippen molar-refractivity contribution < 1.29 is 14.3 Å². The first-order valence-electron chi connectivity index (χ1n) is 9.62. The molecule has 5 nitrogen and oxygen atoms in total. The van der Waals surface area contributed by atoms with E-state index in [9.17, 15) is 9.59 Å². The van der Waals surface area contributed by atoms with Crippen LogP contribution in [0.3, 0.4) is 0 Å². The molecule has 0 radical (unpaired) electrons. The Morgan fingerprint density at radius 3 is 2.46 bits per heavy atom. The van der Waals surface area contributed by atoms with Crippen molar-refractivity contribution in [3.63, 3.8) is 0 Å². The minimum atomic E-state index is -0.391. The minimum Gasteiger partial charge on any atom is -0.461 e. The maximum absolute atomic E-state index is 12.7. The van der Waals surface area contributed by atoms with Crippen LogP contribution in [0, 0.1) is 11.3 Å². The van der Waals surface area contributed by atoms with E-state index in [-0.39, 0.29) is 11.9 Å². The third kappa shape index (κ3) is 6.13. The number of hydrogen-bond acceptors (Lipinski definition) is 4. The van der Waals surface area contributed by atoms with E-state index in [1.807, 2.05) is 56.0 Å². The molecule has 0 aliphatic carbocycles. The fourth-order valence-corrected chi connectivity index (χ4v) is 3.31. The molecule has 0 unspecified atom stereocenters. The molecule has 1 amide bonds. The average molecular weight is 360 g/mol. The standard InChI is InChI=1S/C21H32N2O3/c1-4-22-16-21(2,3)20(25)23-12-10-17(11-13-23)14-19(24)26-15-18-8-6-5-7-9-18/h5-9,17,22H,4,10-16H2,1-3H3. The van der Waals surface area contributed by atoms with Gasteiger partial charge >= 0.3 is 5.97 Å². The van der Waals surface area contributed by atoms with Crippen LogP contribution in [0.2, 0.25) is 0 Å². The SMILES string of the molecule is CCNCC(C)(C)C(=O)N1CCC(CC(=O)OCc2ccccc2)CC1. The quantitative estimate of drug-likeness (QED) is 0.724. The van der Waals surface area contributed by atoms with E-state index < -0.39 is 5.41 Å². The number of hydrogen-bond donors (Lipinski definition) is 1. The van der Waals surface area contributed by atoms with Gasteiger partial charge in [0.25, 0.3) is 0 Å². The van der Waals surface area contributed by atoms with Crippen molar-refractivity contribution in [3.8, 4) is 0 Å². The van der Waals surface area contributed by atoms with Crippen molar-refractivity contribution in [3.05, 3.63) is 35.9 Å². The lowest BCUT2D eigenvalue weighted by atomic mass is 9.88. The predicted molar refractivity (Wildman–Crippen MR) is 102 cm³/mol. The Morgan fingerprint density at radius 2 is 1.85 bits per heavy atom. The van der Waals surface area contributed by atoms with Crippen molar-refractivity contribution in [2.24, 2.45) is 11.3 Å². The summed E-state index contributed by atoms with van der Waals surface area (Å²) in [4.78, 5) is 26.7. The summed E-state index contributed by atoms with van der Waals surface area (Å²) in [6.45, 7) is 9.36. The van der Waals surface area contributed by atoms with E-state index >= 15 is 0 Å². The van der Waals surface area contributed by atoms with Crippen LogP contribution < -0.4 is 5.32 Å². The maximum Gasteiger partial charge on any atom is 0.306 e. The van der Waals surface area contributed by atoms with Crippen LogP contribution in [0.1, 0.15) is 45.6 Å². The van der Waals surface area contributed by atoms with Gasteiger partial charge in [0.05, 0.1) is 5.41 Å². The normalized spacial score (nSPS) is 15.7. The first-order chi connectivity index (χ1) is 12.4. The lowest BCUT2D eigenvalue weighted by Crippen LogP contribution is -2.48. The van der Waals surface area contributed by atoms with Gasteiger partial charge < -0.3 is 15.0 Å². The summed E-state index contributed by atoms with van der Waals surface area (Å²) in [5.74, 6) is 0.355. The zero-order valence-electron chi connectivity index (χ0n) is 16.3. The highest BCUT2D eigenvalue weighted by atomic mass is 16.5. The van der Waals surface area contributed by atoms with E-state index in [2.05, 4.69) is 5.32 Å². The smallest absolute Gasteiger partial charge is 0.306 e. The predicted octanol–water partition coefficient (Wildman–Crippen LogP) is 2.99. The number of nitrogens with zero attached hydrogens (tertiary/aromatic N) is 1. The summed E-state index contributed by atoms with van der Waals surface area (Å²) >= 11 is 0. The molecule has 144 valence electrons. The van der Waals surface area contributed by atoms with Gasteiger partial charge in [-0.05, 0) is 44.7 Å². The Labute approximate surface area is 157 Å². The molecule has 0 saturated carbocycles. The zero-order valence-corrected chi connectivity index (χ0v) is 16.3. The number of carbonyl (C=O) groups is 2. The van der Waals surface area contributed by atoms with Crippen LogP contribution >= 0.6 is 0 Å². The number of likely N-dealkylation sites (tertiary alicyclic amines) is 1. The highest BCUT2D eigenvalue weighted by Crippen LogP contribution is 2.25. The Hall–Kier alpha value is -1.88. The number of ether oxygens (including phenoxy) is 1. The molecule has 26 heavy (non-hydrogen) atoms. The number of rotatable bonds is 8. The fourth-order valence-electron chi connectivity index (χ4n) is 3.31. The molecule has 1 N–H and O–H groups in total. The van der Waals surface area contributed by atoms with Crippen LogP contribution in [-0.4, -0.2) is 43.0 Å². The van der Waals surface area contributed by atoms with E-state index in [0.29, 0.717) is 25.5 Å². The lowest BCUT2D eigenvalue weighted by molar-refractivity contribution is -0.147. The first kappa shape index (κ1) is 20.4. The van der Waals surface area contributed by atoms with Gasteiger partial charge in [0.15, 0.2) is 0 Å². The summed E-state index contributed by atoms with van der Waals surface area (Å²) in [6, 6.07) is 9.72. The van der Waals surface area contributed by atoms with E-state index in [0.717, 1.165) is 38.0 Å². The molecular formula is C21H32N2O3. The number of benzene rings is 1. The number of nitrogens with one attached hydrogen (secondary N) is 1. The summed E-state index contributed by atoms with van der Waals surface area (Å²) in [6.07, 6.45) is 2.17. The highest BCUT2D eigenvalue weighted by Gasteiger charge is 2.34. The van der Waals surface area contributed by atoms with Crippen molar-refractivity contribution in [2.45, 2.75) is 46.6 Å². The van der Waals surface area contributed by atoms with Gasteiger partial charge in [0.1, 0.15) is 6.61 Å². The monoisotopic (exact) mass is 360 g/mol. The van der Waals surface area contributed by atoms with Crippen LogP contribution in [0.5, 0.6) is 0 Å². The second-order valence-corrected chi connectivity index (χ2v) is 7.75. The Bertz CT molecular complexity index is 578. The summed E-state index contributed by atoms with van der Waals surface area (Å²) < 4.78 is 5.38. The van der Waals surface area contributed by atoms with E-state index in [1.165, 1.54) is 0 Å². The minimum absolute atomic E-state index is 0.147. The summed E-state index contributed by atoms with van der Waals surface area (Å²) in [7, 11) is 0. The molecule has 2 rings (SSSR count). The van der Waals surface area contributed by atoms with Gasteiger partial charge in [0, 0.05) is 26.1 Å². The molecule has 0 bridgehead atoms. The van der Waals surface area contributed by atoms with Crippen LogP contribution in [0.4, 0.5) is 0 Å². The third-order valence-electron chi connectivity index (χ3n) is 5.00. The molecule has 0 spiro atoms. The molecule has 1 aromatic carbocycles. The van der Waals surface area contributed by atoms with Crippen LogP contribution in [0.25, 0.3) is 0 Å². The van der Waals surface area contributed by atoms with Gasteiger partial charge in [-0.15, -0.1) is 0 Å². The van der Waals surface area contributed by atoms with Gasteiger partial charge in [-0.1, -0.05) is 37.3 Å². The maximum atomic E-state index is 12.7. The Morgan fingerprint density at radius 1 is 1.19 bits per heavy atom. The van der Waals surface area contributed by atoms with Crippen molar-refractivity contribution in [1.82, 2.24) is 10.2 Å². The largest absolute Gasteiger partial charge is 0.461 e. The lowest BCUT2D eigenvalue weighted by Gasteiger charge is -2.37. The molecule has 1 heterocycles. The van der Waals surface area contributed by atoms with Gasteiger partial charge in [-0.2, -0.15) is 0 Å². The second-order valence-electron chi connectivity index (χ2n) is 7.75. The molecule has 0 aromatic heterocycles. The molecule has 0 atom stereocenters. The number of carbonyl (C=O) groups excluding carboxylic acids is 2.